The van der Waals surface area contributed by atoms with Crippen LogP contribution in [0.3, 0.4) is 0 Å². The van der Waals surface area contributed by atoms with Crippen LogP contribution in [0.15, 0.2) is 24.5 Å². The van der Waals surface area contributed by atoms with Gasteiger partial charge >= 0.3 is 0 Å². The molecular weight excluding hydrogens is 184 g/mol. The van der Waals surface area contributed by atoms with Gasteiger partial charge in [0.2, 0.25) is 0 Å². The van der Waals surface area contributed by atoms with Crippen molar-refractivity contribution >= 4 is 17.1 Å². The van der Waals surface area contributed by atoms with Crippen LogP contribution in [0.5, 0.6) is 0 Å². The fourth-order valence-corrected chi connectivity index (χ4v) is 1.59. The van der Waals surface area contributed by atoms with Crippen molar-refractivity contribution in [3.63, 3.8) is 0 Å². The van der Waals surface area contributed by atoms with Crippen molar-refractivity contribution in [1.29, 1.82) is 5.26 Å². The highest BCUT2D eigenvalue weighted by Gasteiger charge is 2.06. The third kappa shape index (κ3) is 1.09. The molecule has 2 nitrogen and oxygen atoms in total. The van der Waals surface area contributed by atoms with E-state index in [2.05, 4.69) is 6.07 Å². The van der Waals surface area contributed by atoms with Crippen LogP contribution in [0.2, 0.25) is 5.02 Å². The third-order valence-corrected chi connectivity index (χ3v) is 2.54. The zero-order chi connectivity index (χ0) is 9.42. The second-order valence-electron chi connectivity index (χ2n) is 2.89. The second kappa shape index (κ2) is 2.79. The molecule has 64 valence electrons. The summed E-state index contributed by atoms with van der Waals surface area (Å²) < 4.78 is 1.90. The first-order valence-electron chi connectivity index (χ1n) is 3.90. The van der Waals surface area contributed by atoms with E-state index in [0.29, 0.717) is 10.6 Å². The van der Waals surface area contributed by atoms with Crippen LogP contribution in [0, 0.1) is 18.3 Å². The van der Waals surface area contributed by atoms with Crippen molar-refractivity contribution in [3.8, 4) is 6.07 Å². The van der Waals surface area contributed by atoms with Gasteiger partial charge < -0.3 is 4.40 Å². The summed E-state index contributed by atoms with van der Waals surface area (Å²) >= 11 is 5.95. The molecule has 0 aromatic carbocycles. The molecule has 0 saturated carbocycles. The molecule has 0 aliphatic carbocycles. The average molecular weight is 191 g/mol. The van der Waals surface area contributed by atoms with Gasteiger partial charge in [-0.3, -0.25) is 0 Å². The maximum atomic E-state index is 8.83. The Hall–Kier alpha value is -1.46. The van der Waals surface area contributed by atoms with Crippen LogP contribution in [0.25, 0.3) is 5.52 Å². The van der Waals surface area contributed by atoms with Crippen molar-refractivity contribution in [1.82, 2.24) is 4.40 Å². The van der Waals surface area contributed by atoms with Crippen molar-refractivity contribution in [2.45, 2.75) is 6.92 Å². The smallest absolute Gasteiger partial charge is 0.101 e. The maximum Gasteiger partial charge on any atom is 0.101 e. The SMILES string of the molecule is Cc1c(Cl)ccn2ccc(C#N)c12. The molecule has 13 heavy (non-hydrogen) atoms. The Morgan fingerprint density at radius 3 is 2.77 bits per heavy atom. The Balaban J connectivity index is 2.95. The topological polar surface area (TPSA) is 28.2 Å². The second-order valence-corrected chi connectivity index (χ2v) is 3.29. The van der Waals surface area contributed by atoms with Crippen molar-refractivity contribution < 1.29 is 0 Å². The monoisotopic (exact) mass is 190 g/mol. The predicted molar refractivity (Wildman–Crippen MR) is 51.9 cm³/mol. The van der Waals surface area contributed by atoms with E-state index in [1.165, 1.54) is 0 Å². The molecule has 2 rings (SSSR count). The van der Waals surface area contributed by atoms with E-state index >= 15 is 0 Å². The molecule has 0 N–H and O–H groups in total. The molecular formula is C10H7ClN2. The number of halogens is 1. The quantitative estimate of drug-likeness (QED) is 0.628. The summed E-state index contributed by atoms with van der Waals surface area (Å²) in [7, 11) is 0. The van der Waals surface area contributed by atoms with Gasteiger partial charge in [0.25, 0.3) is 0 Å². The summed E-state index contributed by atoms with van der Waals surface area (Å²) in [5, 5.41) is 9.53. The fraction of sp³-hybridized carbons (Fsp3) is 0.100. The van der Waals surface area contributed by atoms with Gasteiger partial charge in [-0.15, -0.1) is 0 Å². The van der Waals surface area contributed by atoms with Crippen LogP contribution >= 0.6 is 11.6 Å². The standard InChI is InChI=1S/C10H7ClN2/c1-7-9(11)3-5-13-4-2-8(6-12)10(7)13/h2-5H,1H3. The Bertz CT molecular complexity index is 505. The first-order chi connectivity index (χ1) is 6.24. The summed E-state index contributed by atoms with van der Waals surface area (Å²) in [5.74, 6) is 0. The molecule has 0 fully saturated rings. The normalized spacial score (nSPS) is 10.2. The maximum absolute atomic E-state index is 8.83. The van der Waals surface area contributed by atoms with Gasteiger partial charge in [-0.05, 0) is 24.6 Å². The van der Waals surface area contributed by atoms with Crippen LogP contribution in [-0.4, -0.2) is 4.40 Å². The number of pyridine rings is 1. The molecule has 0 bridgehead atoms. The summed E-state index contributed by atoms with van der Waals surface area (Å²) in [4.78, 5) is 0. The molecule has 3 heteroatoms. The van der Waals surface area contributed by atoms with Gasteiger partial charge in [0, 0.05) is 17.4 Å². The van der Waals surface area contributed by atoms with Gasteiger partial charge in [-0.1, -0.05) is 11.6 Å². The number of aryl methyl sites for hydroxylation is 1. The number of aromatic nitrogens is 1. The Kier molecular flexibility index (Phi) is 1.75. The summed E-state index contributed by atoms with van der Waals surface area (Å²) in [6, 6.07) is 5.75. The highest BCUT2D eigenvalue weighted by atomic mass is 35.5. The fourth-order valence-electron chi connectivity index (χ4n) is 1.44. The number of hydrogen-bond donors (Lipinski definition) is 0. The van der Waals surface area contributed by atoms with Gasteiger partial charge in [-0.25, -0.2) is 0 Å². The van der Waals surface area contributed by atoms with E-state index in [1.807, 2.05) is 29.8 Å². The molecule has 0 aliphatic rings. The lowest BCUT2D eigenvalue weighted by atomic mass is 10.2. The Labute approximate surface area is 81.0 Å². The average Bonchev–Trinajstić information content (AvgIpc) is 2.55. The molecule has 2 aromatic heterocycles. The molecule has 0 aliphatic heterocycles. The van der Waals surface area contributed by atoms with Crippen LogP contribution < -0.4 is 0 Å². The van der Waals surface area contributed by atoms with Gasteiger partial charge in [-0.2, -0.15) is 5.26 Å². The van der Waals surface area contributed by atoms with Gasteiger partial charge in [0.1, 0.15) is 6.07 Å². The largest absolute Gasteiger partial charge is 0.322 e. The number of nitrogens with zero attached hydrogens (tertiary/aromatic N) is 2. The molecule has 0 spiro atoms. The van der Waals surface area contributed by atoms with Crippen molar-refractivity contribution in [2.24, 2.45) is 0 Å². The number of fused-ring (bicyclic) bond motifs is 1. The number of rotatable bonds is 0. The summed E-state index contributed by atoms with van der Waals surface area (Å²) in [6.45, 7) is 1.92. The molecule has 0 amide bonds. The predicted octanol–water partition coefficient (Wildman–Crippen LogP) is 2.77. The van der Waals surface area contributed by atoms with E-state index in [-0.39, 0.29) is 0 Å². The first kappa shape index (κ1) is 8.15. The summed E-state index contributed by atoms with van der Waals surface area (Å²) in [5.41, 5.74) is 2.51. The minimum absolute atomic E-state index is 0.667. The lowest BCUT2D eigenvalue weighted by molar-refractivity contribution is 1.18. The molecule has 0 unspecified atom stereocenters. The Morgan fingerprint density at radius 1 is 1.38 bits per heavy atom. The van der Waals surface area contributed by atoms with Gasteiger partial charge in [0.05, 0.1) is 11.1 Å². The lowest BCUT2D eigenvalue weighted by Gasteiger charge is -2.01. The molecule has 0 radical (unpaired) electrons. The molecule has 2 aromatic rings. The molecule has 2 heterocycles. The van der Waals surface area contributed by atoms with E-state index < -0.39 is 0 Å². The molecule has 0 atom stereocenters. The minimum atomic E-state index is 0.667. The zero-order valence-corrected chi connectivity index (χ0v) is 7.84. The highest BCUT2D eigenvalue weighted by molar-refractivity contribution is 6.31. The van der Waals surface area contributed by atoms with E-state index in [9.17, 15) is 0 Å². The van der Waals surface area contributed by atoms with Crippen molar-refractivity contribution in [3.05, 3.63) is 40.7 Å². The number of hydrogen-bond acceptors (Lipinski definition) is 1. The Morgan fingerprint density at radius 2 is 2.08 bits per heavy atom. The highest BCUT2D eigenvalue weighted by Crippen LogP contribution is 2.23. The lowest BCUT2D eigenvalue weighted by Crippen LogP contribution is -1.87. The van der Waals surface area contributed by atoms with E-state index in [1.54, 1.807) is 6.07 Å². The third-order valence-electron chi connectivity index (χ3n) is 2.13. The number of nitriles is 1. The van der Waals surface area contributed by atoms with Crippen molar-refractivity contribution in [2.75, 3.05) is 0 Å². The van der Waals surface area contributed by atoms with Crippen LogP contribution in [0.1, 0.15) is 11.1 Å². The van der Waals surface area contributed by atoms with E-state index in [4.69, 9.17) is 16.9 Å². The van der Waals surface area contributed by atoms with Crippen LogP contribution in [0.4, 0.5) is 0 Å². The molecule has 0 saturated heterocycles. The van der Waals surface area contributed by atoms with E-state index in [0.717, 1.165) is 11.1 Å². The summed E-state index contributed by atoms with van der Waals surface area (Å²) in [6.07, 6.45) is 3.71. The first-order valence-corrected chi connectivity index (χ1v) is 4.27. The zero-order valence-electron chi connectivity index (χ0n) is 7.08. The van der Waals surface area contributed by atoms with Crippen LogP contribution in [-0.2, 0) is 0 Å². The van der Waals surface area contributed by atoms with Gasteiger partial charge in [0.15, 0.2) is 0 Å². The minimum Gasteiger partial charge on any atom is -0.322 e.